The number of carbonyl (C=O) groups is 3. The van der Waals surface area contributed by atoms with Crippen molar-refractivity contribution in [1.29, 1.82) is 0 Å². The highest BCUT2D eigenvalue weighted by atomic mass is 16.4. The molecule has 1 rings (SSSR count). The molecule has 9 heteroatoms. The Balaban J connectivity index is 2.65. The van der Waals surface area contributed by atoms with E-state index in [1.165, 1.54) is 0 Å². The van der Waals surface area contributed by atoms with Crippen molar-refractivity contribution in [2.75, 3.05) is 0 Å². The molecule has 0 fully saturated rings. The quantitative estimate of drug-likeness (QED) is 0.477. The molecule has 16 heavy (non-hydrogen) atoms. The van der Waals surface area contributed by atoms with E-state index in [4.69, 9.17) is 10.2 Å². The molecular weight excluding hydrogens is 220 g/mol. The molecule has 1 amide bonds. The number of carboxylic acids is 2. The first-order valence-electron chi connectivity index (χ1n) is 4.12. The van der Waals surface area contributed by atoms with E-state index in [0.29, 0.717) is 0 Å². The predicted octanol–water partition coefficient (Wildman–Crippen LogP) is -1.54. The highest BCUT2D eigenvalue weighted by Gasteiger charge is 2.24. The predicted molar refractivity (Wildman–Crippen MR) is 47.5 cm³/mol. The molecule has 0 aliphatic rings. The zero-order valence-corrected chi connectivity index (χ0v) is 7.88. The van der Waals surface area contributed by atoms with Gasteiger partial charge in [0.05, 0.1) is 12.6 Å². The van der Waals surface area contributed by atoms with Crippen LogP contribution in [0.15, 0.2) is 6.20 Å². The van der Waals surface area contributed by atoms with Gasteiger partial charge in [0.15, 0.2) is 5.69 Å². The van der Waals surface area contributed by atoms with E-state index in [9.17, 15) is 14.4 Å². The van der Waals surface area contributed by atoms with Crippen LogP contribution in [0.25, 0.3) is 0 Å². The maximum atomic E-state index is 11.3. The lowest BCUT2D eigenvalue weighted by Gasteiger charge is -2.10. The van der Waals surface area contributed by atoms with Crippen molar-refractivity contribution in [3.8, 4) is 0 Å². The molecule has 0 unspecified atom stereocenters. The van der Waals surface area contributed by atoms with Crippen LogP contribution in [0.3, 0.4) is 0 Å². The lowest BCUT2D eigenvalue weighted by molar-refractivity contribution is -0.145. The number of hydrogen-bond acceptors (Lipinski definition) is 5. The van der Waals surface area contributed by atoms with Gasteiger partial charge in [0, 0.05) is 0 Å². The molecule has 0 saturated carbocycles. The van der Waals surface area contributed by atoms with Gasteiger partial charge in [-0.15, -0.1) is 0 Å². The van der Waals surface area contributed by atoms with Gasteiger partial charge in [-0.05, 0) is 0 Å². The topological polar surface area (TPSA) is 145 Å². The standard InChI is InChI=1S/C7H8N4O5/c12-5(13)1-3(7(15)16)9-6(14)4-2-8-11-10-4/h2-3H,1H2,(H,9,14)(H,12,13)(H,15,16)(H,8,10,11)/t3-/m1/s1. The number of nitrogens with one attached hydrogen (secondary N) is 2. The molecule has 0 radical (unpaired) electrons. The first-order chi connectivity index (χ1) is 7.50. The van der Waals surface area contributed by atoms with Gasteiger partial charge in [0.2, 0.25) is 0 Å². The fraction of sp³-hybridized carbons (Fsp3) is 0.286. The fourth-order valence-electron chi connectivity index (χ4n) is 0.918. The van der Waals surface area contributed by atoms with Crippen LogP contribution >= 0.6 is 0 Å². The summed E-state index contributed by atoms with van der Waals surface area (Å²) in [6, 6.07) is -1.50. The third-order valence-corrected chi connectivity index (χ3v) is 1.63. The number of aromatic nitrogens is 3. The molecule has 1 heterocycles. The molecule has 0 aliphatic heterocycles. The smallest absolute Gasteiger partial charge is 0.326 e. The van der Waals surface area contributed by atoms with Crippen LogP contribution in [0.4, 0.5) is 0 Å². The van der Waals surface area contributed by atoms with Gasteiger partial charge in [0.25, 0.3) is 5.91 Å². The van der Waals surface area contributed by atoms with Crippen molar-refractivity contribution >= 4 is 17.8 Å². The van der Waals surface area contributed by atoms with Gasteiger partial charge in [-0.2, -0.15) is 15.4 Å². The second kappa shape index (κ2) is 4.87. The zero-order chi connectivity index (χ0) is 12.1. The van der Waals surface area contributed by atoms with Crippen LogP contribution in [0.2, 0.25) is 0 Å². The van der Waals surface area contributed by atoms with Crippen molar-refractivity contribution in [3.05, 3.63) is 11.9 Å². The minimum absolute atomic E-state index is 0.114. The van der Waals surface area contributed by atoms with E-state index in [1.807, 2.05) is 5.32 Å². The SMILES string of the molecule is O=C(O)C[C@@H](NC(=O)c1cn[nH]n1)C(=O)O. The monoisotopic (exact) mass is 228 g/mol. The average Bonchev–Trinajstić information content (AvgIpc) is 2.68. The van der Waals surface area contributed by atoms with E-state index in [2.05, 4.69) is 15.4 Å². The largest absolute Gasteiger partial charge is 0.481 e. The van der Waals surface area contributed by atoms with Gasteiger partial charge >= 0.3 is 11.9 Å². The average molecular weight is 228 g/mol. The lowest BCUT2D eigenvalue weighted by Crippen LogP contribution is -2.42. The Hall–Kier alpha value is -2.45. The Morgan fingerprint density at radius 1 is 1.44 bits per heavy atom. The van der Waals surface area contributed by atoms with Gasteiger partial charge in [-0.1, -0.05) is 0 Å². The Morgan fingerprint density at radius 3 is 2.56 bits per heavy atom. The van der Waals surface area contributed by atoms with Crippen molar-refractivity contribution in [2.45, 2.75) is 12.5 Å². The Labute approximate surface area is 88.5 Å². The molecule has 0 aliphatic carbocycles. The molecule has 86 valence electrons. The number of nitrogens with zero attached hydrogens (tertiary/aromatic N) is 2. The molecule has 0 bridgehead atoms. The Kier molecular flexibility index (Phi) is 3.53. The van der Waals surface area contributed by atoms with Gasteiger partial charge < -0.3 is 15.5 Å². The summed E-state index contributed by atoms with van der Waals surface area (Å²) in [7, 11) is 0. The Morgan fingerprint density at radius 2 is 2.12 bits per heavy atom. The number of carbonyl (C=O) groups excluding carboxylic acids is 1. The maximum Gasteiger partial charge on any atom is 0.326 e. The summed E-state index contributed by atoms with van der Waals surface area (Å²) in [5, 5.41) is 28.0. The zero-order valence-electron chi connectivity index (χ0n) is 7.88. The highest BCUT2D eigenvalue weighted by molar-refractivity contribution is 5.95. The first-order valence-corrected chi connectivity index (χ1v) is 4.12. The third kappa shape index (κ3) is 3.04. The summed E-state index contributed by atoms with van der Waals surface area (Å²) < 4.78 is 0. The number of carboxylic acid groups (broad SMARTS) is 2. The minimum atomic E-state index is -1.50. The van der Waals surface area contributed by atoms with Crippen LogP contribution in [-0.4, -0.2) is 49.5 Å². The lowest BCUT2D eigenvalue weighted by atomic mass is 10.2. The summed E-state index contributed by atoms with van der Waals surface area (Å²) in [6.45, 7) is 0. The van der Waals surface area contributed by atoms with E-state index in [-0.39, 0.29) is 5.69 Å². The maximum absolute atomic E-state index is 11.3. The summed E-state index contributed by atoms with van der Waals surface area (Å²) in [5.41, 5.74) is -0.114. The number of H-pyrrole nitrogens is 1. The summed E-state index contributed by atoms with van der Waals surface area (Å²) in [6.07, 6.45) is 0.383. The van der Waals surface area contributed by atoms with E-state index in [0.717, 1.165) is 6.20 Å². The summed E-state index contributed by atoms with van der Waals surface area (Å²) in [4.78, 5) is 32.3. The Bertz CT molecular complexity index is 401. The first kappa shape index (κ1) is 11.6. The second-order valence-corrected chi connectivity index (χ2v) is 2.82. The van der Waals surface area contributed by atoms with Crippen molar-refractivity contribution in [2.24, 2.45) is 0 Å². The number of aromatic amines is 1. The van der Waals surface area contributed by atoms with E-state index >= 15 is 0 Å². The molecular formula is C7H8N4O5. The highest BCUT2D eigenvalue weighted by Crippen LogP contribution is 1.96. The molecule has 9 nitrogen and oxygen atoms in total. The van der Waals surface area contributed by atoms with Crippen LogP contribution in [0.5, 0.6) is 0 Å². The number of amides is 1. The minimum Gasteiger partial charge on any atom is -0.481 e. The third-order valence-electron chi connectivity index (χ3n) is 1.63. The number of hydrogen-bond donors (Lipinski definition) is 4. The second-order valence-electron chi connectivity index (χ2n) is 2.82. The van der Waals surface area contributed by atoms with Gasteiger partial charge in [-0.3, -0.25) is 9.59 Å². The van der Waals surface area contributed by atoms with Crippen LogP contribution in [-0.2, 0) is 9.59 Å². The molecule has 0 saturated heterocycles. The summed E-state index contributed by atoms with van der Waals surface area (Å²) in [5.74, 6) is -3.56. The van der Waals surface area contributed by atoms with Crippen molar-refractivity contribution in [3.63, 3.8) is 0 Å². The molecule has 0 aromatic carbocycles. The van der Waals surface area contributed by atoms with E-state index < -0.39 is 30.3 Å². The van der Waals surface area contributed by atoms with Crippen LogP contribution < -0.4 is 5.32 Å². The fourth-order valence-corrected chi connectivity index (χ4v) is 0.918. The van der Waals surface area contributed by atoms with Gasteiger partial charge in [-0.25, -0.2) is 4.79 Å². The molecule has 1 aromatic heterocycles. The molecule has 4 N–H and O–H groups in total. The summed E-state index contributed by atoms with van der Waals surface area (Å²) >= 11 is 0. The molecule has 1 atom stereocenters. The van der Waals surface area contributed by atoms with Crippen molar-refractivity contribution < 1.29 is 24.6 Å². The van der Waals surface area contributed by atoms with Gasteiger partial charge in [0.1, 0.15) is 6.04 Å². The van der Waals surface area contributed by atoms with Crippen LogP contribution in [0.1, 0.15) is 16.9 Å². The van der Waals surface area contributed by atoms with Crippen molar-refractivity contribution in [1.82, 2.24) is 20.7 Å². The van der Waals surface area contributed by atoms with E-state index in [1.54, 1.807) is 0 Å². The molecule has 1 aromatic rings. The normalized spacial score (nSPS) is 11.8. The van der Waals surface area contributed by atoms with Crippen LogP contribution in [0, 0.1) is 0 Å². The number of rotatable bonds is 5. The number of aliphatic carboxylic acids is 2. The molecule has 0 spiro atoms.